The zero-order chi connectivity index (χ0) is 14.8. The molecule has 0 fully saturated rings. The van der Waals surface area contributed by atoms with Gasteiger partial charge >= 0.3 is 10.6 Å². The molecule has 0 amide bonds. The number of hydrogen-bond donors (Lipinski definition) is 0. The summed E-state index contributed by atoms with van der Waals surface area (Å²) in [7, 11) is 0. The molecule has 0 atom stereocenters. The van der Waals surface area contributed by atoms with Gasteiger partial charge in [0.15, 0.2) is 0 Å². The molecule has 0 aliphatic heterocycles. The number of benzene rings is 2. The highest BCUT2D eigenvalue weighted by atomic mass is 35.5. The van der Waals surface area contributed by atoms with Crippen LogP contribution in [0.4, 0.5) is 0 Å². The molecule has 0 saturated heterocycles. The summed E-state index contributed by atoms with van der Waals surface area (Å²) in [4.78, 5) is 24.1. The van der Waals surface area contributed by atoms with Gasteiger partial charge in [-0.1, -0.05) is 41.9 Å². The van der Waals surface area contributed by atoms with E-state index in [4.69, 9.17) is 11.6 Å². The number of halogens is 1. The predicted octanol–water partition coefficient (Wildman–Crippen LogP) is 2.76. The van der Waals surface area contributed by atoms with Gasteiger partial charge in [0.25, 0.3) is 0 Å². The Kier molecular flexibility index (Phi) is 3.77. The van der Waals surface area contributed by atoms with Crippen LogP contribution in [-0.2, 0) is 6.54 Å². The second-order valence-corrected chi connectivity index (χ2v) is 5.82. The Morgan fingerprint density at radius 1 is 0.952 bits per heavy atom. The van der Waals surface area contributed by atoms with Gasteiger partial charge in [0.1, 0.15) is 0 Å². The molecule has 0 aliphatic rings. The van der Waals surface area contributed by atoms with Gasteiger partial charge in [-0.2, -0.15) is 0 Å². The fraction of sp³-hybridized carbons (Fsp3) is 0.0667. The van der Waals surface area contributed by atoms with Crippen LogP contribution in [0.5, 0.6) is 0 Å². The van der Waals surface area contributed by atoms with Crippen molar-refractivity contribution >= 4 is 23.1 Å². The summed E-state index contributed by atoms with van der Waals surface area (Å²) < 4.78 is 2.61. The third-order valence-corrected chi connectivity index (χ3v) is 4.22. The molecule has 6 heteroatoms. The lowest BCUT2D eigenvalue weighted by molar-refractivity contribution is 0.723. The van der Waals surface area contributed by atoms with Crippen LogP contribution in [-0.4, -0.2) is 8.52 Å². The lowest BCUT2D eigenvalue weighted by atomic mass is 10.2. The van der Waals surface area contributed by atoms with E-state index < -0.39 is 0 Å². The second-order valence-electron chi connectivity index (χ2n) is 4.48. The van der Waals surface area contributed by atoms with Crippen molar-refractivity contribution in [2.24, 2.45) is 0 Å². The van der Waals surface area contributed by atoms with Gasteiger partial charge in [-0.25, -0.2) is 13.3 Å². The van der Waals surface area contributed by atoms with Crippen molar-refractivity contribution in [3.05, 3.63) is 85.3 Å². The molecule has 0 bridgehead atoms. The monoisotopic (exact) mass is 318 g/mol. The summed E-state index contributed by atoms with van der Waals surface area (Å²) in [6.45, 7) is 0.273. The minimum atomic E-state index is -0.337. The van der Waals surface area contributed by atoms with Crippen molar-refractivity contribution in [1.29, 1.82) is 0 Å². The molecule has 2 aromatic carbocycles. The Morgan fingerprint density at radius 3 is 2.29 bits per heavy atom. The zero-order valence-electron chi connectivity index (χ0n) is 10.9. The summed E-state index contributed by atoms with van der Waals surface area (Å²) in [6, 6.07) is 16.2. The minimum Gasteiger partial charge on any atom is -0.255 e. The molecule has 21 heavy (non-hydrogen) atoms. The molecule has 3 rings (SSSR count). The molecule has 0 spiro atoms. The Balaban J connectivity index is 2.03. The van der Waals surface area contributed by atoms with Crippen LogP contribution < -0.4 is 10.6 Å². The van der Waals surface area contributed by atoms with E-state index >= 15 is 0 Å². The van der Waals surface area contributed by atoms with Crippen molar-refractivity contribution in [3.63, 3.8) is 0 Å². The van der Waals surface area contributed by atoms with Crippen LogP contribution in [0.25, 0.3) is 5.69 Å². The van der Waals surface area contributed by atoms with Crippen LogP contribution >= 0.6 is 23.1 Å². The number of hydrogen-bond acceptors (Lipinski definition) is 3. The first-order chi connectivity index (χ1) is 10.1. The summed E-state index contributed by atoms with van der Waals surface area (Å²) in [6.07, 6.45) is 0. The van der Waals surface area contributed by atoms with Crippen molar-refractivity contribution in [1.82, 2.24) is 8.52 Å². The smallest absolute Gasteiger partial charge is 0.255 e. The molecule has 1 heterocycles. The van der Waals surface area contributed by atoms with Crippen LogP contribution in [0.1, 0.15) is 5.56 Å². The molecular weight excluding hydrogens is 308 g/mol. The number of nitrogens with zero attached hydrogens (tertiary/aromatic N) is 2. The highest BCUT2D eigenvalue weighted by molar-refractivity contribution is 7.03. The molecule has 106 valence electrons. The van der Waals surface area contributed by atoms with Gasteiger partial charge in [0.2, 0.25) is 0 Å². The minimum absolute atomic E-state index is 0.273. The van der Waals surface area contributed by atoms with Crippen LogP contribution in [0.3, 0.4) is 0 Å². The summed E-state index contributed by atoms with van der Waals surface area (Å²) in [5.41, 5.74) is 1.22. The molecule has 0 saturated carbocycles. The summed E-state index contributed by atoms with van der Waals surface area (Å²) >= 11 is 6.72. The largest absolute Gasteiger partial charge is 0.346 e. The molecule has 3 aromatic rings. The first kappa shape index (κ1) is 13.9. The van der Waals surface area contributed by atoms with E-state index in [1.54, 1.807) is 24.3 Å². The first-order valence-corrected chi connectivity index (χ1v) is 7.43. The van der Waals surface area contributed by atoms with E-state index in [1.807, 2.05) is 30.3 Å². The normalized spacial score (nSPS) is 10.7. The average molecular weight is 319 g/mol. The van der Waals surface area contributed by atoms with Crippen LogP contribution in [0, 0.1) is 0 Å². The van der Waals surface area contributed by atoms with E-state index in [0.29, 0.717) is 10.7 Å². The third kappa shape index (κ3) is 2.84. The first-order valence-electron chi connectivity index (χ1n) is 6.28. The fourth-order valence-corrected chi connectivity index (χ4v) is 2.92. The van der Waals surface area contributed by atoms with Gasteiger partial charge in [-0.05, 0) is 29.8 Å². The molecule has 1 aromatic heterocycles. The third-order valence-electron chi connectivity index (χ3n) is 3.04. The fourth-order valence-electron chi connectivity index (χ4n) is 1.99. The van der Waals surface area contributed by atoms with Gasteiger partial charge in [0.05, 0.1) is 12.2 Å². The highest BCUT2D eigenvalue weighted by Gasteiger charge is 2.11. The Labute approximate surface area is 129 Å². The van der Waals surface area contributed by atoms with Crippen molar-refractivity contribution in [3.8, 4) is 5.69 Å². The van der Waals surface area contributed by atoms with E-state index in [9.17, 15) is 9.59 Å². The average Bonchev–Trinajstić information content (AvgIpc) is 2.77. The van der Waals surface area contributed by atoms with Crippen LogP contribution in [0.2, 0.25) is 5.02 Å². The van der Waals surface area contributed by atoms with Gasteiger partial charge in [-0.15, -0.1) is 0 Å². The maximum Gasteiger partial charge on any atom is 0.346 e. The van der Waals surface area contributed by atoms with Gasteiger partial charge in [-0.3, -0.25) is 4.79 Å². The maximum absolute atomic E-state index is 12.4. The van der Waals surface area contributed by atoms with Gasteiger partial charge in [0, 0.05) is 16.6 Å². The molecule has 4 nitrogen and oxygen atoms in total. The Morgan fingerprint density at radius 2 is 1.62 bits per heavy atom. The molecule has 0 N–H and O–H groups in total. The number of aromatic nitrogens is 2. The lowest BCUT2D eigenvalue weighted by Crippen LogP contribution is -2.28. The molecule has 0 unspecified atom stereocenters. The highest BCUT2D eigenvalue weighted by Crippen LogP contribution is 2.12. The van der Waals surface area contributed by atoms with Crippen molar-refractivity contribution < 1.29 is 0 Å². The second kappa shape index (κ2) is 5.71. The standard InChI is InChI=1S/C15H11ClN2O2S/c16-12-6-8-13(9-7-12)18-14(19)17(15(20)21-18)10-11-4-2-1-3-5-11/h1-9H,10H2. The molecular formula is C15H11ClN2O2S. The van der Waals surface area contributed by atoms with E-state index in [2.05, 4.69) is 0 Å². The maximum atomic E-state index is 12.4. The topological polar surface area (TPSA) is 44.0 Å². The molecule has 0 radical (unpaired) electrons. The summed E-state index contributed by atoms with van der Waals surface area (Å²) in [5, 5.41) is 0.586. The quantitative estimate of drug-likeness (QED) is 0.745. The van der Waals surface area contributed by atoms with Gasteiger partial charge < -0.3 is 0 Å². The van der Waals surface area contributed by atoms with Crippen molar-refractivity contribution in [2.45, 2.75) is 6.54 Å². The Hall–Kier alpha value is -2.11. The lowest BCUT2D eigenvalue weighted by Gasteiger charge is -2.01. The summed E-state index contributed by atoms with van der Waals surface area (Å²) in [5.74, 6) is 0. The predicted molar refractivity (Wildman–Crippen MR) is 84.7 cm³/mol. The number of rotatable bonds is 3. The molecule has 0 aliphatic carbocycles. The van der Waals surface area contributed by atoms with E-state index in [1.165, 1.54) is 8.52 Å². The van der Waals surface area contributed by atoms with E-state index in [-0.39, 0.29) is 17.1 Å². The Bertz CT molecular complexity index is 863. The van der Waals surface area contributed by atoms with E-state index in [0.717, 1.165) is 17.1 Å². The van der Waals surface area contributed by atoms with Crippen LogP contribution in [0.15, 0.2) is 64.2 Å². The van der Waals surface area contributed by atoms with Crippen molar-refractivity contribution in [2.75, 3.05) is 0 Å². The SMILES string of the molecule is O=c1sn(-c2ccc(Cl)cc2)c(=O)n1Cc1ccccc1. The zero-order valence-corrected chi connectivity index (χ0v) is 12.5.